The van der Waals surface area contributed by atoms with Gasteiger partial charge < -0.3 is 0 Å². The van der Waals surface area contributed by atoms with Crippen LogP contribution in [0.2, 0.25) is 0 Å². The molecule has 0 unspecified atom stereocenters. The lowest BCUT2D eigenvalue weighted by Gasteiger charge is -2.24. The Morgan fingerprint density at radius 3 is 1.22 bits per heavy atom. The normalized spacial score (nSPS) is 13.5. The number of pyridine rings is 2. The molecule has 4 aromatic heterocycles. The maximum atomic E-state index is 5.11. The molecule has 0 spiro atoms. The summed E-state index contributed by atoms with van der Waals surface area (Å²) in [4.78, 5) is 34.1. The second kappa shape index (κ2) is 17.3. The number of hydrogen-bond donors (Lipinski definition) is 0. The van der Waals surface area contributed by atoms with Crippen molar-refractivity contribution in [1.29, 1.82) is 0 Å². The van der Waals surface area contributed by atoms with Crippen molar-refractivity contribution in [2.24, 2.45) is 0 Å². The number of fused-ring (bicyclic) bond motifs is 6. The van der Waals surface area contributed by atoms with Crippen LogP contribution in [0, 0.1) is 13.8 Å². The van der Waals surface area contributed by atoms with Gasteiger partial charge in [0.1, 0.15) is 5.69 Å². The maximum Gasteiger partial charge on any atom is 0.182 e. The fraction of sp³-hybridized carbons (Fsp3) is 0.119. The van der Waals surface area contributed by atoms with Gasteiger partial charge in [-0.1, -0.05) is 161 Å². The van der Waals surface area contributed by atoms with E-state index in [2.05, 4.69) is 173 Å². The lowest BCUT2D eigenvalue weighted by atomic mass is 9.79. The van der Waals surface area contributed by atoms with Crippen molar-refractivity contribution in [3.63, 3.8) is 0 Å². The van der Waals surface area contributed by atoms with Crippen LogP contribution < -0.4 is 0 Å². The van der Waals surface area contributed by atoms with E-state index in [0.29, 0.717) is 29.0 Å². The molecule has 0 aliphatic heterocycles. The Morgan fingerprint density at radius 1 is 0.270 bits per heavy atom. The number of hydrogen-bond acceptors (Lipinski definition) is 7. The fourth-order valence-corrected chi connectivity index (χ4v) is 11.2. The topological polar surface area (TPSA) is 90.2 Å². The SMILES string of the molecule is Cc1ccccc1-c1nc(-c2ccc(-c3ccc4c(c3)C(C)(C)c3cc5c(cc3-4)C(C)(C)c3cc(-c4ccc(-c6nc(-c7ccccn7)nc(-c7ccccc7C)n6)cc4)ccc3-5)cc2)cc(-c2ccccn2)n1. The molecule has 0 amide bonds. The maximum absolute atomic E-state index is 5.11. The molecule has 0 saturated carbocycles. The van der Waals surface area contributed by atoms with Crippen LogP contribution in [-0.4, -0.2) is 34.9 Å². The molecule has 0 radical (unpaired) electrons. The average molecular weight is 954 g/mol. The van der Waals surface area contributed by atoms with E-state index in [0.717, 1.165) is 61.6 Å². The van der Waals surface area contributed by atoms with Crippen LogP contribution in [0.25, 0.3) is 113 Å². The predicted molar refractivity (Wildman–Crippen MR) is 299 cm³/mol. The molecule has 74 heavy (non-hydrogen) atoms. The fourth-order valence-electron chi connectivity index (χ4n) is 11.2. The van der Waals surface area contributed by atoms with E-state index in [4.69, 9.17) is 24.9 Å². The second-order valence-electron chi connectivity index (χ2n) is 20.7. The summed E-state index contributed by atoms with van der Waals surface area (Å²) in [6.45, 7) is 13.7. The van der Waals surface area contributed by atoms with Crippen molar-refractivity contribution in [2.45, 2.75) is 52.4 Å². The third kappa shape index (κ3) is 7.54. The molecule has 0 saturated heterocycles. The molecule has 7 aromatic carbocycles. The summed E-state index contributed by atoms with van der Waals surface area (Å²) in [5, 5.41) is 0. The van der Waals surface area contributed by atoms with Crippen molar-refractivity contribution in [3.05, 3.63) is 234 Å². The molecule has 0 N–H and O–H groups in total. The van der Waals surface area contributed by atoms with Gasteiger partial charge in [0.05, 0.1) is 17.1 Å². The number of aryl methyl sites for hydroxylation is 2. The van der Waals surface area contributed by atoms with Gasteiger partial charge >= 0.3 is 0 Å². The minimum atomic E-state index is -0.203. The predicted octanol–water partition coefficient (Wildman–Crippen LogP) is 16.0. The van der Waals surface area contributed by atoms with Gasteiger partial charge in [0.25, 0.3) is 0 Å². The summed E-state index contributed by atoms with van der Waals surface area (Å²) < 4.78 is 0. The average Bonchev–Trinajstić information content (AvgIpc) is 3.82. The number of aromatic nitrogens is 7. The zero-order valence-corrected chi connectivity index (χ0v) is 42.2. The summed E-state index contributed by atoms with van der Waals surface area (Å²) in [6, 6.07) is 66.6. The summed E-state index contributed by atoms with van der Waals surface area (Å²) in [5.41, 5.74) is 24.3. The Morgan fingerprint density at radius 2 is 0.689 bits per heavy atom. The van der Waals surface area contributed by atoms with Gasteiger partial charge in [0, 0.05) is 45.5 Å². The van der Waals surface area contributed by atoms with Gasteiger partial charge in [0.2, 0.25) is 0 Å². The third-order valence-corrected chi connectivity index (χ3v) is 15.4. The Kier molecular flexibility index (Phi) is 10.5. The molecule has 0 bridgehead atoms. The van der Waals surface area contributed by atoms with Gasteiger partial charge in [-0.25, -0.2) is 24.9 Å². The number of benzene rings is 7. The van der Waals surface area contributed by atoms with Gasteiger partial charge in [0.15, 0.2) is 23.3 Å². The van der Waals surface area contributed by atoms with Gasteiger partial charge in [-0.05, 0) is 146 Å². The summed E-state index contributed by atoms with van der Waals surface area (Å²) in [5.74, 6) is 2.49. The lowest BCUT2D eigenvalue weighted by Crippen LogP contribution is -2.17. The molecule has 354 valence electrons. The highest BCUT2D eigenvalue weighted by molar-refractivity contribution is 5.92. The molecular formula is C67H51N7. The van der Waals surface area contributed by atoms with Crippen LogP contribution in [-0.2, 0) is 10.8 Å². The molecule has 7 nitrogen and oxygen atoms in total. The molecule has 13 rings (SSSR count). The number of rotatable bonds is 8. The van der Waals surface area contributed by atoms with Crippen molar-refractivity contribution >= 4 is 0 Å². The molecule has 0 fully saturated rings. The first kappa shape index (κ1) is 44.8. The Labute approximate surface area is 431 Å². The van der Waals surface area contributed by atoms with Crippen molar-refractivity contribution < 1.29 is 0 Å². The van der Waals surface area contributed by atoms with E-state index in [9.17, 15) is 0 Å². The summed E-state index contributed by atoms with van der Waals surface area (Å²) in [6.07, 6.45) is 3.58. The molecule has 0 atom stereocenters. The highest BCUT2D eigenvalue weighted by atomic mass is 15.0. The largest absolute Gasteiger partial charge is 0.255 e. The van der Waals surface area contributed by atoms with Crippen molar-refractivity contribution in [1.82, 2.24) is 34.9 Å². The van der Waals surface area contributed by atoms with E-state index in [1.807, 2.05) is 72.9 Å². The second-order valence-corrected chi connectivity index (χ2v) is 20.7. The zero-order valence-electron chi connectivity index (χ0n) is 42.2. The van der Waals surface area contributed by atoms with Crippen LogP contribution in [0.4, 0.5) is 0 Å². The standard InChI is InChI=1S/C67H51N7/c1-40-15-7-9-17-48(40)63-70-60(39-61(71-63)58-19-11-13-33-68-58)44-25-21-42(22-26-44)46-29-31-50-52-37-57-53(38-56(52)66(3,4)54(50)35-46)51-32-30-47(36-55(51)67(57,5)6)43-23-27-45(28-24-43)62-72-64(49-18-10-8-16-41(49)2)74-65(73-62)59-20-12-14-34-69-59/h7-39H,1-6H3. The smallest absolute Gasteiger partial charge is 0.182 e. The van der Waals surface area contributed by atoms with E-state index in [-0.39, 0.29) is 10.8 Å². The first-order chi connectivity index (χ1) is 36.0. The Balaban J connectivity index is 0.791. The Bertz CT molecular complexity index is 3750. The first-order valence-electron chi connectivity index (χ1n) is 25.3. The zero-order chi connectivity index (χ0) is 50.3. The minimum absolute atomic E-state index is 0.198. The van der Waals surface area contributed by atoms with Gasteiger partial charge in [-0.2, -0.15) is 0 Å². The van der Waals surface area contributed by atoms with E-state index < -0.39 is 0 Å². The van der Waals surface area contributed by atoms with Crippen LogP contribution in [0.5, 0.6) is 0 Å². The van der Waals surface area contributed by atoms with E-state index in [1.165, 1.54) is 55.6 Å². The van der Waals surface area contributed by atoms with Crippen LogP contribution in [0.1, 0.15) is 61.1 Å². The summed E-state index contributed by atoms with van der Waals surface area (Å²) in [7, 11) is 0. The minimum Gasteiger partial charge on any atom is -0.255 e. The number of nitrogens with zero attached hydrogens (tertiary/aromatic N) is 7. The molecule has 2 aliphatic rings. The van der Waals surface area contributed by atoms with Crippen LogP contribution in [0.3, 0.4) is 0 Å². The Hall–Kier alpha value is -9.07. The molecular weight excluding hydrogens is 903 g/mol. The molecule has 2 aliphatic carbocycles. The lowest BCUT2D eigenvalue weighted by molar-refractivity contribution is 0.652. The van der Waals surface area contributed by atoms with Gasteiger partial charge in [-0.3, -0.25) is 9.97 Å². The molecule has 11 aromatic rings. The van der Waals surface area contributed by atoms with Crippen LogP contribution in [0.15, 0.2) is 200 Å². The van der Waals surface area contributed by atoms with Crippen LogP contribution >= 0.6 is 0 Å². The monoisotopic (exact) mass is 953 g/mol. The molecule has 4 heterocycles. The van der Waals surface area contributed by atoms with Crippen molar-refractivity contribution in [2.75, 3.05) is 0 Å². The third-order valence-electron chi connectivity index (χ3n) is 15.4. The van der Waals surface area contributed by atoms with E-state index in [1.54, 1.807) is 6.20 Å². The van der Waals surface area contributed by atoms with Crippen molar-refractivity contribution in [3.8, 4) is 113 Å². The highest BCUT2D eigenvalue weighted by Crippen LogP contribution is 2.57. The van der Waals surface area contributed by atoms with Gasteiger partial charge in [-0.15, -0.1) is 0 Å². The summed E-state index contributed by atoms with van der Waals surface area (Å²) >= 11 is 0. The highest BCUT2D eigenvalue weighted by Gasteiger charge is 2.42. The molecule has 7 heteroatoms. The quantitative estimate of drug-likeness (QED) is 0.150. The first-order valence-corrected chi connectivity index (χ1v) is 25.3. The van der Waals surface area contributed by atoms with E-state index >= 15 is 0 Å².